The van der Waals surface area contributed by atoms with Gasteiger partial charge in [-0.15, -0.1) is 0 Å². The van der Waals surface area contributed by atoms with E-state index in [4.69, 9.17) is 16.0 Å². The van der Waals surface area contributed by atoms with Gasteiger partial charge in [-0.3, -0.25) is 16.0 Å². The first kappa shape index (κ1) is 11.8. The van der Waals surface area contributed by atoms with Crippen LogP contribution < -0.4 is 11.5 Å². The molecule has 0 aliphatic heterocycles. The van der Waals surface area contributed by atoms with Gasteiger partial charge in [0, 0.05) is 0 Å². The van der Waals surface area contributed by atoms with Crippen LogP contribution in [0.1, 0.15) is 32.6 Å². The summed E-state index contributed by atoms with van der Waals surface area (Å²) in [5.74, 6) is 0. The molecule has 0 unspecified atom stereocenters. The predicted molar refractivity (Wildman–Crippen MR) is 46.8 cm³/mol. The molecule has 74 valence electrons. The van der Waals surface area contributed by atoms with Gasteiger partial charge in [-0.25, -0.2) is 0 Å². The van der Waals surface area contributed by atoms with Crippen molar-refractivity contribution >= 4 is 10.1 Å². The third-order valence-electron chi connectivity index (χ3n) is 1.65. The summed E-state index contributed by atoms with van der Waals surface area (Å²) in [5.41, 5.74) is 10.3. The van der Waals surface area contributed by atoms with Gasteiger partial charge in [0.25, 0.3) is 10.1 Å². The highest BCUT2D eigenvalue weighted by atomic mass is 32.2. The van der Waals surface area contributed by atoms with Crippen molar-refractivity contribution in [2.75, 3.05) is 0 Å². The maximum atomic E-state index is 10.6. The van der Waals surface area contributed by atoms with Gasteiger partial charge in [-0.1, -0.05) is 19.8 Å². The van der Waals surface area contributed by atoms with Gasteiger partial charge in [-0.05, 0) is 12.8 Å². The van der Waals surface area contributed by atoms with Crippen molar-refractivity contribution in [1.82, 2.24) is 0 Å². The Morgan fingerprint density at radius 3 is 2.17 bits per heavy atom. The maximum absolute atomic E-state index is 10.6. The largest absolute Gasteiger partial charge is 0.299 e. The highest BCUT2D eigenvalue weighted by Crippen LogP contribution is 2.11. The van der Waals surface area contributed by atoms with Crippen molar-refractivity contribution in [3.8, 4) is 0 Å². The lowest BCUT2D eigenvalue weighted by Crippen LogP contribution is -2.55. The number of unbranched alkanes of at least 4 members (excludes halogenated alkanes) is 2. The Bertz CT molecular complexity index is 223. The lowest BCUT2D eigenvalue weighted by Gasteiger charge is -2.19. The number of nitrogens with two attached hydrogens (primary N) is 2. The first-order valence-corrected chi connectivity index (χ1v) is 5.30. The first-order chi connectivity index (χ1) is 5.31. The van der Waals surface area contributed by atoms with Crippen molar-refractivity contribution in [1.29, 1.82) is 0 Å². The summed E-state index contributed by atoms with van der Waals surface area (Å²) in [6.45, 7) is 1.97. The second kappa shape index (κ2) is 4.18. The van der Waals surface area contributed by atoms with Crippen LogP contribution in [-0.4, -0.2) is 18.0 Å². The van der Waals surface area contributed by atoms with Gasteiger partial charge in [0.2, 0.25) is 0 Å². The van der Waals surface area contributed by atoms with Gasteiger partial charge in [0.1, 0.15) is 0 Å². The Hall–Kier alpha value is -0.170. The molecule has 0 aliphatic rings. The minimum absolute atomic E-state index is 0.0830. The molecule has 12 heavy (non-hydrogen) atoms. The number of rotatable bonds is 5. The first-order valence-electron chi connectivity index (χ1n) is 3.86. The zero-order valence-corrected chi connectivity index (χ0v) is 7.97. The minimum atomic E-state index is -4.33. The topological polar surface area (TPSA) is 106 Å². The Morgan fingerprint density at radius 1 is 1.33 bits per heavy atom. The highest BCUT2D eigenvalue weighted by molar-refractivity contribution is 7.87. The smallest absolute Gasteiger partial charge is 0.297 e. The standard InChI is InChI=1S/C6H16N2O3S/c1-2-3-4-5-6(7,8)12(9,10)11/h2-5,7-8H2,1H3,(H,9,10,11). The van der Waals surface area contributed by atoms with Gasteiger partial charge in [-0.2, -0.15) is 8.42 Å². The fourth-order valence-corrected chi connectivity index (χ4v) is 1.18. The lowest BCUT2D eigenvalue weighted by molar-refractivity contribution is 0.407. The quantitative estimate of drug-likeness (QED) is 0.326. The van der Waals surface area contributed by atoms with E-state index >= 15 is 0 Å². The molecule has 5 nitrogen and oxygen atoms in total. The molecule has 0 radical (unpaired) electrons. The van der Waals surface area contributed by atoms with Crippen molar-refractivity contribution in [3.05, 3.63) is 0 Å². The summed E-state index contributed by atoms with van der Waals surface area (Å²) in [4.78, 5) is -1.98. The van der Waals surface area contributed by atoms with Crippen LogP contribution >= 0.6 is 0 Å². The molecular formula is C6H16N2O3S. The van der Waals surface area contributed by atoms with E-state index in [-0.39, 0.29) is 6.42 Å². The molecule has 0 aromatic heterocycles. The number of hydrogen-bond donors (Lipinski definition) is 3. The monoisotopic (exact) mass is 196 g/mol. The third kappa shape index (κ3) is 3.48. The molecule has 0 aliphatic carbocycles. The molecule has 0 bridgehead atoms. The summed E-state index contributed by atoms with van der Waals surface area (Å²) in [6, 6.07) is 0. The molecule has 0 aromatic carbocycles. The van der Waals surface area contributed by atoms with E-state index in [1.165, 1.54) is 0 Å². The summed E-state index contributed by atoms with van der Waals surface area (Å²) >= 11 is 0. The molecule has 0 fully saturated rings. The molecule has 0 atom stereocenters. The molecule has 6 heteroatoms. The van der Waals surface area contributed by atoms with Crippen molar-refractivity contribution in [2.24, 2.45) is 11.5 Å². The van der Waals surface area contributed by atoms with Gasteiger partial charge >= 0.3 is 0 Å². The van der Waals surface area contributed by atoms with Crippen LogP contribution in [0.5, 0.6) is 0 Å². The van der Waals surface area contributed by atoms with E-state index in [0.29, 0.717) is 6.42 Å². The Balaban J connectivity index is 4.06. The Morgan fingerprint density at radius 2 is 1.83 bits per heavy atom. The van der Waals surface area contributed by atoms with Gasteiger partial charge in [0.05, 0.1) is 0 Å². The summed E-state index contributed by atoms with van der Waals surface area (Å²) < 4.78 is 29.7. The summed E-state index contributed by atoms with van der Waals surface area (Å²) in [5, 5.41) is 0. The molecule has 5 N–H and O–H groups in total. The molecule has 0 saturated carbocycles. The van der Waals surface area contributed by atoms with Crippen molar-refractivity contribution in [2.45, 2.75) is 37.6 Å². The second-order valence-corrected chi connectivity index (χ2v) is 4.60. The highest BCUT2D eigenvalue weighted by Gasteiger charge is 2.33. The molecule has 0 amide bonds. The van der Waals surface area contributed by atoms with E-state index in [2.05, 4.69) is 0 Å². The fraction of sp³-hybridized carbons (Fsp3) is 1.00. The molecule has 0 heterocycles. The lowest BCUT2D eigenvalue weighted by atomic mass is 10.2. The summed E-state index contributed by atoms with van der Waals surface area (Å²) in [7, 11) is -4.33. The zero-order valence-electron chi connectivity index (χ0n) is 7.16. The average molecular weight is 196 g/mol. The van der Waals surface area contributed by atoms with Crippen LogP contribution in [-0.2, 0) is 10.1 Å². The third-order valence-corrected chi connectivity index (χ3v) is 2.82. The van der Waals surface area contributed by atoms with Crippen molar-refractivity contribution in [3.63, 3.8) is 0 Å². The van der Waals surface area contributed by atoms with E-state index in [0.717, 1.165) is 12.8 Å². The molecule has 0 spiro atoms. The van der Waals surface area contributed by atoms with E-state index < -0.39 is 15.1 Å². The van der Waals surface area contributed by atoms with Gasteiger partial charge < -0.3 is 0 Å². The zero-order chi connectivity index (χ0) is 9.83. The fourth-order valence-electron chi connectivity index (χ4n) is 0.780. The maximum Gasteiger partial charge on any atom is 0.297 e. The van der Waals surface area contributed by atoms with Gasteiger partial charge in [0.15, 0.2) is 4.99 Å². The van der Waals surface area contributed by atoms with E-state index in [1.807, 2.05) is 6.92 Å². The van der Waals surface area contributed by atoms with Crippen LogP contribution in [0.3, 0.4) is 0 Å². The van der Waals surface area contributed by atoms with Crippen molar-refractivity contribution < 1.29 is 13.0 Å². The minimum Gasteiger partial charge on any atom is -0.299 e. The number of hydrogen-bond acceptors (Lipinski definition) is 4. The Labute approximate surface area is 72.9 Å². The molecule has 0 saturated heterocycles. The predicted octanol–water partition coefficient (Wildman–Crippen LogP) is 0.0257. The van der Waals surface area contributed by atoms with E-state index in [1.54, 1.807) is 0 Å². The SMILES string of the molecule is CCCCCC(N)(N)S(=O)(=O)O. The van der Waals surface area contributed by atoms with Crippen LogP contribution in [0.15, 0.2) is 0 Å². The van der Waals surface area contributed by atoms with Crippen LogP contribution in [0, 0.1) is 0 Å². The molecule has 0 rings (SSSR count). The van der Waals surface area contributed by atoms with Crippen LogP contribution in [0.2, 0.25) is 0 Å². The molecule has 0 aromatic rings. The Kier molecular flexibility index (Phi) is 4.12. The van der Waals surface area contributed by atoms with Crippen LogP contribution in [0.4, 0.5) is 0 Å². The summed E-state index contributed by atoms with van der Waals surface area (Å²) in [6.07, 6.45) is 2.48. The normalized spacial score (nSPS) is 13.3. The van der Waals surface area contributed by atoms with Crippen LogP contribution in [0.25, 0.3) is 0 Å². The molecular weight excluding hydrogens is 180 g/mol. The van der Waals surface area contributed by atoms with E-state index in [9.17, 15) is 8.42 Å². The average Bonchev–Trinajstić information content (AvgIpc) is 1.85. The second-order valence-electron chi connectivity index (χ2n) is 2.89.